The van der Waals surface area contributed by atoms with Crippen LogP contribution >= 0.6 is 0 Å². The molecule has 0 aliphatic rings. The zero-order valence-electron chi connectivity index (χ0n) is 17.8. The molecule has 0 aliphatic heterocycles. The van der Waals surface area contributed by atoms with Gasteiger partial charge in [-0.25, -0.2) is 9.97 Å². The van der Waals surface area contributed by atoms with Gasteiger partial charge in [-0.1, -0.05) is 36.4 Å². The van der Waals surface area contributed by atoms with E-state index in [0.717, 1.165) is 39.1 Å². The van der Waals surface area contributed by atoms with Crippen LogP contribution in [0.3, 0.4) is 0 Å². The maximum atomic E-state index is 6.04. The van der Waals surface area contributed by atoms with Crippen molar-refractivity contribution >= 4 is 39.1 Å². The third kappa shape index (κ3) is 4.18. The summed E-state index contributed by atoms with van der Waals surface area (Å²) in [6, 6.07) is 36.0. The van der Waals surface area contributed by atoms with Crippen molar-refractivity contribution in [1.82, 2.24) is 9.97 Å². The first-order chi connectivity index (χ1) is 16.3. The van der Waals surface area contributed by atoms with Crippen LogP contribution < -0.4 is 9.64 Å². The molecule has 0 fully saturated rings. The number of benzene rings is 3. The number of rotatable bonds is 5. The van der Waals surface area contributed by atoms with Crippen molar-refractivity contribution in [2.75, 3.05) is 4.90 Å². The number of furan rings is 1. The van der Waals surface area contributed by atoms with Crippen LogP contribution in [0.25, 0.3) is 21.9 Å². The van der Waals surface area contributed by atoms with Crippen LogP contribution in [0.5, 0.6) is 11.6 Å². The quantitative estimate of drug-likeness (QED) is 0.190. The van der Waals surface area contributed by atoms with Crippen LogP contribution in [-0.4, -0.2) is 9.97 Å². The zero-order chi connectivity index (χ0) is 22.0. The van der Waals surface area contributed by atoms with Crippen LogP contribution in [0.4, 0.5) is 17.2 Å². The number of aromatic nitrogens is 2. The molecule has 0 amide bonds. The molecule has 0 unspecified atom stereocenters. The predicted molar refractivity (Wildman–Crippen MR) is 128 cm³/mol. The van der Waals surface area contributed by atoms with Gasteiger partial charge in [0.1, 0.15) is 5.82 Å². The maximum absolute atomic E-state index is 6.04. The fraction of sp³-hybridized carbons (Fsp3) is 0. The van der Waals surface area contributed by atoms with Crippen LogP contribution in [-0.2, 0) is 21.1 Å². The summed E-state index contributed by atoms with van der Waals surface area (Å²) >= 11 is 0. The van der Waals surface area contributed by atoms with Crippen molar-refractivity contribution in [3.8, 4) is 11.6 Å². The van der Waals surface area contributed by atoms with E-state index in [-0.39, 0.29) is 21.1 Å². The topological polar surface area (TPSA) is 51.4 Å². The van der Waals surface area contributed by atoms with E-state index in [4.69, 9.17) is 9.15 Å². The Morgan fingerprint density at radius 2 is 1.38 bits per heavy atom. The Balaban J connectivity index is 0.00000241. The van der Waals surface area contributed by atoms with Gasteiger partial charge in [0.15, 0.2) is 0 Å². The molecule has 3 aromatic carbocycles. The molecule has 6 rings (SSSR count). The van der Waals surface area contributed by atoms with E-state index in [1.807, 2.05) is 84.9 Å². The number of para-hydroxylation sites is 1. The standard InChI is InChI=1S/C28H17N3O2.Pt/c1-2-8-20(9-3-1)31(27-10-4-6-16-29-27)21-12-14-25-23(18-21)24-19-22(13-15-26(24)33-25)32-28-11-5-7-17-30-28;/h1-17H;/q-2;+2. The number of pyridine rings is 2. The molecule has 0 saturated carbocycles. The fourth-order valence-corrected chi connectivity index (χ4v) is 3.76. The van der Waals surface area contributed by atoms with Crippen molar-refractivity contribution in [3.05, 3.63) is 116 Å². The SMILES string of the molecule is [Pt+2].[c-]1c(Oc2ccccn2)ccc2oc3ccc(N(c4ccccc4)c4ccccn4)[c-]c3c12. The number of ether oxygens (including phenoxy) is 1. The van der Waals surface area contributed by atoms with E-state index in [2.05, 4.69) is 27.0 Å². The Morgan fingerprint density at radius 3 is 2.12 bits per heavy atom. The van der Waals surface area contributed by atoms with Crippen molar-refractivity contribution in [2.45, 2.75) is 0 Å². The average molecular weight is 623 g/mol. The molecule has 5 nitrogen and oxygen atoms in total. The summed E-state index contributed by atoms with van der Waals surface area (Å²) in [5.74, 6) is 1.87. The van der Waals surface area contributed by atoms with E-state index in [1.54, 1.807) is 18.5 Å². The Kier molecular flexibility index (Phi) is 6.11. The molecule has 166 valence electrons. The summed E-state index contributed by atoms with van der Waals surface area (Å²) in [6.45, 7) is 0. The number of nitrogens with zero attached hydrogens (tertiary/aromatic N) is 3. The minimum absolute atomic E-state index is 0. The summed E-state index contributed by atoms with van der Waals surface area (Å²) in [4.78, 5) is 10.9. The molecule has 0 N–H and O–H groups in total. The van der Waals surface area contributed by atoms with Crippen molar-refractivity contribution in [2.24, 2.45) is 0 Å². The Labute approximate surface area is 210 Å². The van der Waals surface area contributed by atoms with Crippen molar-refractivity contribution < 1.29 is 30.2 Å². The summed E-state index contributed by atoms with van der Waals surface area (Å²) in [6.07, 6.45) is 3.48. The summed E-state index contributed by atoms with van der Waals surface area (Å²) in [7, 11) is 0. The first kappa shape index (κ1) is 21.9. The van der Waals surface area contributed by atoms with E-state index in [0.29, 0.717) is 11.6 Å². The van der Waals surface area contributed by atoms with E-state index in [1.165, 1.54) is 0 Å². The normalized spacial score (nSPS) is 10.7. The minimum Gasteiger partial charge on any atom is -0.564 e. The molecule has 0 aliphatic carbocycles. The number of hydrogen-bond donors (Lipinski definition) is 0. The monoisotopic (exact) mass is 622 g/mol. The first-order valence-corrected chi connectivity index (χ1v) is 10.5. The van der Waals surface area contributed by atoms with Gasteiger partial charge in [-0.2, -0.15) is 16.8 Å². The third-order valence-electron chi connectivity index (χ3n) is 5.23. The number of anilines is 3. The second-order valence-electron chi connectivity index (χ2n) is 7.38. The average Bonchev–Trinajstić information content (AvgIpc) is 3.24. The summed E-state index contributed by atoms with van der Waals surface area (Å²) in [5, 5.41) is 1.63. The molecule has 6 heteroatoms. The molecule has 0 bridgehead atoms. The van der Waals surface area contributed by atoms with Gasteiger partial charge in [0.2, 0.25) is 5.88 Å². The number of hydrogen-bond acceptors (Lipinski definition) is 5. The third-order valence-corrected chi connectivity index (χ3v) is 5.23. The van der Waals surface area contributed by atoms with Gasteiger partial charge >= 0.3 is 21.1 Å². The van der Waals surface area contributed by atoms with E-state index in [9.17, 15) is 0 Å². The molecule has 34 heavy (non-hydrogen) atoms. The van der Waals surface area contributed by atoms with Crippen molar-refractivity contribution in [3.63, 3.8) is 0 Å². The van der Waals surface area contributed by atoms with Gasteiger partial charge in [0, 0.05) is 29.9 Å². The second-order valence-corrected chi connectivity index (χ2v) is 7.38. The fourth-order valence-electron chi connectivity index (χ4n) is 3.76. The van der Waals surface area contributed by atoms with Gasteiger partial charge in [-0.15, -0.1) is 24.3 Å². The van der Waals surface area contributed by atoms with Crippen LogP contribution in [0.15, 0.2) is 108 Å². The molecule has 3 aromatic heterocycles. The minimum atomic E-state index is 0. The van der Waals surface area contributed by atoms with Gasteiger partial charge < -0.3 is 14.1 Å². The van der Waals surface area contributed by atoms with Gasteiger partial charge in [0.25, 0.3) is 0 Å². The molecule has 3 heterocycles. The zero-order valence-corrected chi connectivity index (χ0v) is 20.1. The van der Waals surface area contributed by atoms with Gasteiger partial charge in [-0.3, -0.25) is 0 Å². The molecule has 6 aromatic rings. The Bertz CT molecular complexity index is 1500. The smallest absolute Gasteiger partial charge is 0.564 e. The Hall–Kier alpha value is -3.95. The van der Waals surface area contributed by atoms with Gasteiger partial charge in [0.05, 0.1) is 0 Å². The van der Waals surface area contributed by atoms with Crippen molar-refractivity contribution in [1.29, 1.82) is 0 Å². The summed E-state index contributed by atoms with van der Waals surface area (Å²) < 4.78 is 11.9. The number of fused-ring (bicyclic) bond motifs is 3. The molecule has 0 spiro atoms. The first-order valence-electron chi connectivity index (χ1n) is 10.5. The second kappa shape index (κ2) is 9.50. The van der Waals surface area contributed by atoms with E-state index >= 15 is 0 Å². The van der Waals surface area contributed by atoms with Gasteiger partial charge in [-0.05, 0) is 47.2 Å². The van der Waals surface area contributed by atoms with E-state index < -0.39 is 0 Å². The molecule has 0 atom stereocenters. The van der Waals surface area contributed by atoms with Crippen LogP contribution in [0, 0.1) is 12.1 Å². The molecule has 0 radical (unpaired) electrons. The molecule has 0 saturated heterocycles. The largest absolute Gasteiger partial charge is 2.00 e. The maximum Gasteiger partial charge on any atom is 2.00 e. The molecular formula is C28H17N3O2Pt. The van der Waals surface area contributed by atoms with Crippen LogP contribution in [0.2, 0.25) is 0 Å². The summed E-state index contributed by atoms with van der Waals surface area (Å²) in [5.41, 5.74) is 3.28. The molecular weight excluding hydrogens is 605 g/mol. The van der Waals surface area contributed by atoms with Crippen LogP contribution in [0.1, 0.15) is 0 Å². The Morgan fingerprint density at radius 1 is 0.676 bits per heavy atom. The predicted octanol–water partition coefficient (Wildman–Crippen LogP) is 7.24.